The van der Waals surface area contributed by atoms with Crippen molar-refractivity contribution in [3.8, 4) is 5.75 Å². The van der Waals surface area contributed by atoms with Crippen LogP contribution < -0.4 is 10.1 Å². The molecule has 2 aromatic carbocycles. The Balaban J connectivity index is 1.39. The standard InChI is InChI=1S/C27H33FN2O5/c1-2-35-23-10-5-19(6-11-23)7-12-26(32)30-15-13-21(14-16-30)18-25(31)29-24(27(33)34)17-20-3-8-22(28)9-4-20/h3-6,8-11,21,24H,2,7,12-18H2,1H3,(H,29,31)(H,33,34)/t24-/m0/s1. The van der Waals surface area contributed by atoms with E-state index in [0.29, 0.717) is 50.9 Å². The fourth-order valence-electron chi connectivity index (χ4n) is 4.29. The van der Waals surface area contributed by atoms with Crippen LogP contribution in [-0.4, -0.2) is 53.5 Å². The number of rotatable bonds is 11. The summed E-state index contributed by atoms with van der Waals surface area (Å²) in [5.41, 5.74) is 1.72. The number of hydrogen-bond acceptors (Lipinski definition) is 4. The summed E-state index contributed by atoms with van der Waals surface area (Å²) in [6, 6.07) is 12.3. The highest BCUT2D eigenvalue weighted by molar-refractivity contribution is 5.84. The molecule has 2 amide bonds. The van der Waals surface area contributed by atoms with Gasteiger partial charge in [-0.05, 0) is 67.5 Å². The second-order valence-corrected chi connectivity index (χ2v) is 8.89. The lowest BCUT2D eigenvalue weighted by molar-refractivity contribution is -0.142. The second kappa shape index (κ2) is 12.9. The summed E-state index contributed by atoms with van der Waals surface area (Å²) in [5.74, 6) is -0.822. The number of amides is 2. The molecule has 8 heteroatoms. The Kier molecular flexibility index (Phi) is 9.64. The summed E-state index contributed by atoms with van der Waals surface area (Å²) in [6.07, 6.45) is 2.82. The topological polar surface area (TPSA) is 95.9 Å². The zero-order valence-electron chi connectivity index (χ0n) is 20.0. The van der Waals surface area contributed by atoms with Gasteiger partial charge in [-0.3, -0.25) is 9.59 Å². The van der Waals surface area contributed by atoms with Gasteiger partial charge in [-0.25, -0.2) is 9.18 Å². The molecule has 188 valence electrons. The van der Waals surface area contributed by atoms with Crippen LogP contribution in [0.25, 0.3) is 0 Å². The van der Waals surface area contributed by atoms with Gasteiger partial charge in [0.15, 0.2) is 0 Å². The van der Waals surface area contributed by atoms with Crippen molar-refractivity contribution in [2.24, 2.45) is 5.92 Å². The Morgan fingerprint density at radius 1 is 1.06 bits per heavy atom. The molecule has 1 fully saturated rings. The van der Waals surface area contributed by atoms with Crippen LogP contribution in [0.1, 0.15) is 43.7 Å². The summed E-state index contributed by atoms with van der Waals surface area (Å²) in [7, 11) is 0. The molecule has 0 unspecified atom stereocenters. The average molecular weight is 485 g/mol. The van der Waals surface area contributed by atoms with Gasteiger partial charge in [0.25, 0.3) is 0 Å². The van der Waals surface area contributed by atoms with Crippen molar-refractivity contribution in [3.05, 3.63) is 65.5 Å². The number of carboxylic acids is 1. The van der Waals surface area contributed by atoms with Gasteiger partial charge in [-0.2, -0.15) is 0 Å². The maximum absolute atomic E-state index is 13.1. The molecule has 0 aromatic heterocycles. The minimum atomic E-state index is -1.13. The van der Waals surface area contributed by atoms with E-state index in [1.165, 1.54) is 24.3 Å². The number of benzene rings is 2. The number of aliphatic carboxylic acids is 1. The fourth-order valence-corrected chi connectivity index (χ4v) is 4.29. The van der Waals surface area contributed by atoms with E-state index in [2.05, 4.69) is 5.32 Å². The number of piperidine rings is 1. The molecule has 7 nitrogen and oxygen atoms in total. The molecule has 0 bridgehead atoms. The third-order valence-corrected chi connectivity index (χ3v) is 6.29. The van der Waals surface area contributed by atoms with Crippen molar-refractivity contribution < 1.29 is 28.6 Å². The highest BCUT2D eigenvalue weighted by Gasteiger charge is 2.26. The number of likely N-dealkylation sites (tertiary alicyclic amines) is 1. The summed E-state index contributed by atoms with van der Waals surface area (Å²) >= 11 is 0. The normalized spacial score (nSPS) is 14.9. The van der Waals surface area contributed by atoms with Crippen LogP contribution in [0.2, 0.25) is 0 Å². The van der Waals surface area contributed by atoms with Crippen LogP contribution in [0.15, 0.2) is 48.5 Å². The number of carbonyl (C=O) groups is 3. The molecule has 35 heavy (non-hydrogen) atoms. The monoisotopic (exact) mass is 484 g/mol. The first-order chi connectivity index (χ1) is 16.8. The number of carbonyl (C=O) groups excluding carboxylic acids is 2. The predicted octanol–water partition coefficient (Wildman–Crippen LogP) is 3.60. The molecular weight excluding hydrogens is 451 g/mol. The molecule has 2 aromatic rings. The quantitative estimate of drug-likeness (QED) is 0.508. The van der Waals surface area contributed by atoms with Crippen LogP contribution in [0.5, 0.6) is 5.75 Å². The van der Waals surface area contributed by atoms with Gasteiger partial charge >= 0.3 is 5.97 Å². The van der Waals surface area contributed by atoms with E-state index >= 15 is 0 Å². The first kappa shape index (κ1) is 26.2. The molecule has 3 rings (SSSR count). The minimum Gasteiger partial charge on any atom is -0.494 e. The van der Waals surface area contributed by atoms with E-state index in [0.717, 1.165) is 11.3 Å². The molecule has 1 atom stereocenters. The van der Waals surface area contributed by atoms with E-state index in [9.17, 15) is 23.9 Å². The van der Waals surface area contributed by atoms with E-state index < -0.39 is 17.8 Å². The molecule has 1 aliphatic heterocycles. The highest BCUT2D eigenvalue weighted by atomic mass is 19.1. The molecule has 0 spiro atoms. The summed E-state index contributed by atoms with van der Waals surface area (Å²) in [6.45, 7) is 3.74. The predicted molar refractivity (Wildman–Crippen MR) is 130 cm³/mol. The van der Waals surface area contributed by atoms with Crippen LogP contribution in [-0.2, 0) is 27.2 Å². The van der Waals surface area contributed by atoms with Gasteiger partial charge in [-0.15, -0.1) is 0 Å². The third kappa shape index (κ3) is 8.38. The Bertz CT molecular complexity index is 986. The zero-order valence-corrected chi connectivity index (χ0v) is 20.0. The molecular formula is C27H33FN2O5. The van der Waals surface area contributed by atoms with Gasteiger partial charge in [0.1, 0.15) is 17.6 Å². The van der Waals surface area contributed by atoms with Crippen molar-refractivity contribution in [1.82, 2.24) is 10.2 Å². The van der Waals surface area contributed by atoms with Crippen molar-refractivity contribution in [2.45, 2.75) is 51.5 Å². The number of nitrogens with one attached hydrogen (secondary N) is 1. The summed E-state index contributed by atoms with van der Waals surface area (Å²) in [4.78, 5) is 38.5. The Morgan fingerprint density at radius 2 is 1.69 bits per heavy atom. The van der Waals surface area contributed by atoms with Crippen molar-refractivity contribution in [3.63, 3.8) is 0 Å². The second-order valence-electron chi connectivity index (χ2n) is 8.89. The van der Waals surface area contributed by atoms with Crippen LogP contribution >= 0.6 is 0 Å². The van der Waals surface area contributed by atoms with Gasteiger partial charge < -0.3 is 20.1 Å². The first-order valence-electron chi connectivity index (χ1n) is 12.1. The van der Waals surface area contributed by atoms with E-state index in [1.807, 2.05) is 36.1 Å². The fraction of sp³-hybridized carbons (Fsp3) is 0.444. The van der Waals surface area contributed by atoms with Gasteiger partial charge in [0, 0.05) is 32.4 Å². The van der Waals surface area contributed by atoms with Crippen molar-refractivity contribution in [1.29, 1.82) is 0 Å². The molecule has 1 heterocycles. The molecule has 0 aliphatic carbocycles. The SMILES string of the molecule is CCOc1ccc(CCC(=O)N2CCC(CC(=O)N[C@@H](Cc3ccc(F)cc3)C(=O)O)CC2)cc1. The van der Waals surface area contributed by atoms with Gasteiger partial charge in [0.05, 0.1) is 6.61 Å². The lowest BCUT2D eigenvalue weighted by Crippen LogP contribution is -2.44. The first-order valence-corrected chi connectivity index (χ1v) is 12.1. The molecule has 1 saturated heterocycles. The van der Waals surface area contributed by atoms with Gasteiger partial charge in [-0.1, -0.05) is 24.3 Å². The summed E-state index contributed by atoms with van der Waals surface area (Å²) < 4.78 is 18.5. The summed E-state index contributed by atoms with van der Waals surface area (Å²) in [5, 5.41) is 12.1. The smallest absolute Gasteiger partial charge is 0.326 e. The Labute approximate surface area is 205 Å². The lowest BCUT2D eigenvalue weighted by Gasteiger charge is -2.32. The number of halogens is 1. The highest BCUT2D eigenvalue weighted by Crippen LogP contribution is 2.22. The van der Waals surface area contributed by atoms with E-state index in [4.69, 9.17) is 4.74 Å². The lowest BCUT2D eigenvalue weighted by atomic mass is 9.92. The number of aryl methyl sites for hydroxylation is 1. The molecule has 2 N–H and O–H groups in total. The van der Waals surface area contributed by atoms with Crippen LogP contribution in [0, 0.1) is 11.7 Å². The number of nitrogens with zero attached hydrogens (tertiary/aromatic N) is 1. The van der Waals surface area contributed by atoms with E-state index in [-0.39, 0.29) is 30.6 Å². The number of hydrogen-bond donors (Lipinski definition) is 2. The largest absolute Gasteiger partial charge is 0.494 e. The van der Waals surface area contributed by atoms with Crippen molar-refractivity contribution in [2.75, 3.05) is 19.7 Å². The molecule has 1 aliphatic rings. The van der Waals surface area contributed by atoms with E-state index in [1.54, 1.807) is 0 Å². The van der Waals surface area contributed by atoms with Crippen LogP contribution in [0.4, 0.5) is 4.39 Å². The minimum absolute atomic E-state index is 0.0860. The van der Waals surface area contributed by atoms with Crippen LogP contribution in [0.3, 0.4) is 0 Å². The average Bonchev–Trinajstić information content (AvgIpc) is 2.85. The zero-order chi connectivity index (χ0) is 25.2. The maximum Gasteiger partial charge on any atom is 0.326 e. The van der Waals surface area contributed by atoms with Crippen molar-refractivity contribution >= 4 is 17.8 Å². The molecule has 0 saturated carbocycles. The number of ether oxygens (including phenoxy) is 1. The third-order valence-electron chi connectivity index (χ3n) is 6.29. The number of carboxylic acid groups (broad SMARTS) is 1. The Morgan fingerprint density at radius 3 is 2.29 bits per heavy atom. The van der Waals surface area contributed by atoms with Gasteiger partial charge in [0.2, 0.25) is 11.8 Å². The Hall–Kier alpha value is -3.42. The maximum atomic E-state index is 13.1. The molecule has 0 radical (unpaired) electrons.